The fraction of sp³-hybridized carbons (Fsp3) is 0.692. The summed E-state index contributed by atoms with van der Waals surface area (Å²) in [5, 5.41) is 3.42. The molecule has 1 saturated heterocycles. The van der Waals surface area contributed by atoms with Gasteiger partial charge in [-0.15, -0.1) is 0 Å². The summed E-state index contributed by atoms with van der Waals surface area (Å²) in [5.74, 6) is -0.0641. The van der Waals surface area contributed by atoms with Crippen molar-refractivity contribution in [1.82, 2.24) is 4.98 Å². The number of nitrogens with two attached hydrogens (primary N) is 1. The van der Waals surface area contributed by atoms with Crippen LogP contribution in [-0.4, -0.2) is 29.1 Å². The van der Waals surface area contributed by atoms with E-state index in [1.54, 1.807) is 6.20 Å². The molecule has 1 aliphatic carbocycles. The van der Waals surface area contributed by atoms with Gasteiger partial charge in [0, 0.05) is 17.9 Å². The number of halogens is 1. The molecule has 1 amide bonds. The van der Waals surface area contributed by atoms with Crippen molar-refractivity contribution < 1.29 is 9.53 Å². The molecule has 2 aliphatic rings. The van der Waals surface area contributed by atoms with E-state index in [9.17, 15) is 4.79 Å². The highest BCUT2D eigenvalue weighted by Crippen LogP contribution is 2.57. The molecule has 2 fully saturated rings. The molecule has 1 aromatic rings. The van der Waals surface area contributed by atoms with Crippen LogP contribution in [0, 0.1) is 11.3 Å². The Hall–Kier alpha value is -0.500. The van der Waals surface area contributed by atoms with E-state index in [2.05, 4.69) is 26.2 Å². The first kappa shape index (κ1) is 14.4. The van der Waals surface area contributed by atoms with Crippen LogP contribution in [0.2, 0.25) is 0 Å². The molecule has 7 heteroatoms. The van der Waals surface area contributed by atoms with Crippen molar-refractivity contribution in [2.45, 2.75) is 38.3 Å². The third kappa shape index (κ3) is 1.87. The fourth-order valence-corrected chi connectivity index (χ4v) is 4.65. The molecule has 1 aromatic heterocycles. The first-order valence-corrected chi connectivity index (χ1v) is 8.31. The second kappa shape index (κ2) is 4.76. The Bertz CT molecular complexity index is 547. The van der Waals surface area contributed by atoms with E-state index < -0.39 is 5.54 Å². The van der Waals surface area contributed by atoms with Crippen molar-refractivity contribution in [3.05, 3.63) is 9.98 Å². The number of anilines is 1. The first-order valence-electron chi connectivity index (χ1n) is 6.70. The number of ether oxygens (including phenoxy) is 1. The molecule has 0 bridgehead atoms. The van der Waals surface area contributed by atoms with Gasteiger partial charge < -0.3 is 15.8 Å². The second-order valence-corrected chi connectivity index (χ2v) is 8.46. The first-order chi connectivity index (χ1) is 9.37. The van der Waals surface area contributed by atoms with Gasteiger partial charge >= 0.3 is 0 Å². The van der Waals surface area contributed by atoms with Gasteiger partial charge in [-0.05, 0) is 28.8 Å². The Kier molecular flexibility index (Phi) is 3.44. The number of hydrogen-bond donors (Lipinski definition) is 2. The summed E-state index contributed by atoms with van der Waals surface area (Å²) < 4.78 is 6.69. The molecule has 110 valence electrons. The van der Waals surface area contributed by atoms with Gasteiger partial charge in [0.15, 0.2) is 5.13 Å². The van der Waals surface area contributed by atoms with Crippen molar-refractivity contribution in [1.29, 1.82) is 0 Å². The van der Waals surface area contributed by atoms with Crippen LogP contribution in [0.25, 0.3) is 0 Å². The molecule has 1 aliphatic heterocycles. The van der Waals surface area contributed by atoms with Crippen molar-refractivity contribution in [3.63, 3.8) is 0 Å². The predicted octanol–water partition coefficient (Wildman–Crippen LogP) is 2.38. The number of nitrogens with zero attached hydrogens (tertiary/aromatic N) is 1. The lowest BCUT2D eigenvalue weighted by Crippen LogP contribution is -2.81. The standard InChI is InChI=1S/C13H18BrN3O2S/c1-12(2)9-7(4-3-5-19-9)13(12,15)10(18)17-11-16-6-8(14)20-11/h6-7,9H,3-5,15H2,1-2H3,(H,16,17,18). The van der Waals surface area contributed by atoms with Crippen LogP contribution in [0.15, 0.2) is 9.98 Å². The number of amides is 1. The highest BCUT2D eigenvalue weighted by molar-refractivity contribution is 9.11. The SMILES string of the molecule is CC1(C)C2OCCCC2C1(N)C(=O)Nc1ncc(Br)s1. The summed E-state index contributed by atoms with van der Waals surface area (Å²) in [5.41, 5.74) is 5.25. The minimum Gasteiger partial charge on any atom is -0.377 e. The number of carbonyl (C=O) groups excluding carboxylic acids is 1. The van der Waals surface area contributed by atoms with Crippen LogP contribution >= 0.6 is 27.3 Å². The van der Waals surface area contributed by atoms with Crippen LogP contribution in [0.5, 0.6) is 0 Å². The summed E-state index contributed by atoms with van der Waals surface area (Å²) >= 11 is 4.72. The minimum absolute atomic E-state index is 0.0787. The summed E-state index contributed by atoms with van der Waals surface area (Å²) in [4.78, 5) is 16.8. The van der Waals surface area contributed by atoms with Crippen molar-refractivity contribution in [3.8, 4) is 0 Å². The van der Waals surface area contributed by atoms with Crippen molar-refractivity contribution in [2.75, 3.05) is 11.9 Å². The molecule has 0 radical (unpaired) electrons. The Morgan fingerprint density at radius 1 is 1.65 bits per heavy atom. The Morgan fingerprint density at radius 3 is 3.05 bits per heavy atom. The van der Waals surface area contributed by atoms with Gasteiger partial charge in [0.1, 0.15) is 5.54 Å². The lowest BCUT2D eigenvalue weighted by molar-refractivity contribution is -0.222. The van der Waals surface area contributed by atoms with E-state index in [4.69, 9.17) is 10.5 Å². The van der Waals surface area contributed by atoms with Gasteiger partial charge in [0.2, 0.25) is 5.91 Å². The average Bonchev–Trinajstić information content (AvgIpc) is 2.83. The largest absolute Gasteiger partial charge is 0.377 e. The van der Waals surface area contributed by atoms with Crippen molar-refractivity contribution >= 4 is 38.3 Å². The van der Waals surface area contributed by atoms with Crippen LogP contribution in [0.1, 0.15) is 26.7 Å². The number of thiazole rings is 1. The highest BCUT2D eigenvalue weighted by Gasteiger charge is 2.70. The monoisotopic (exact) mass is 359 g/mol. The summed E-state index contributed by atoms with van der Waals surface area (Å²) in [6.45, 7) is 4.79. The normalized spacial score (nSPS) is 35.0. The van der Waals surface area contributed by atoms with Gasteiger partial charge in [-0.25, -0.2) is 4.98 Å². The number of nitrogens with one attached hydrogen (secondary N) is 1. The maximum atomic E-state index is 12.7. The molecule has 3 unspecified atom stereocenters. The maximum Gasteiger partial charge on any atom is 0.247 e. The van der Waals surface area contributed by atoms with Gasteiger partial charge in [-0.1, -0.05) is 25.2 Å². The zero-order valence-electron chi connectivity index (χ0n) is 11.5. The summed E-state index contributed by atoms with van der Waals surface area (Å²) in [6.07, 6.45) is 3.66. The molecular formula is C13H18BrN3O2S. The zero-order chi connectivity index (χ0) is 14.5. The number of rotatable bonds is 2. The highest BCUT2D eigenvalue weighted by atomic mass is 79.9. The van der Waals surface area contributed by atoms with Crippen LogP contribution in [0.3, 0.4) is 0 Å². The van der Waals surface area contributed by atoms with Crippen LogP contribution in [-0.2, 0) is 9.53 Å². The van der Waals surface area contributed by atoms with E-state index >= 15 is 0 Å². The Labute approximate surface area is 130 Å². The van der Waals surface area contributed by atoms with Crippen LogP contribution < -0.4 is 11.1 Å². The van der Waals surface area contributed by atoms with Gasteiger partial charge in [-0.3, -0.25) is 4.79 Å². The van der Waals surface area contributed by atoms with E-state index in [1.807, 2.05) is 13.8 Å². The molecule has 3 N–H and O–H groups in total. The molecule has 0 spiro atoms. The smallest absolute Gasteiger partial charge is 0.247 e. The Balaban J connectivity index is 1.82. The minimum atomic E-state index is -0.893. The lowest BCUT2D eigenvalue weighted by Gasteiger charge is -2.64. The number of aromatic nitrogens is 1. The average molecular weight is 360 g/mol. The molecule has 1 saturated carbocycles. The molecule has 0 aromatic carbocycles. The molecule has 20 heavy (non-hydrogen) atoms. The van der Waals surface area contributed by atoms with E-state index in [0.717, 1.165) is 23.2 Å². The number of hydrogen-bond acceptors (Lipinski definition) is 5. The van der Waals surface area contributed by atoms with Gasteiger partial charge in [0.05, 0.1) is 16.1 Å². The molecule has 5 nitrogen and oxygen atoms in total. The third-order valence-corrected chi connectivity index (χ3v) is 6.15. The van der Waals surface area contributed by atoms with Gasteiger partial charge in [0.25, 0.3) is 0 Å². The summed E-state index contributed by atoms with van der Waals surface area (Å²) in [6, 6.07) is 0. The van der Waals surface area contributed by atoms with E-state index in [0.29, 0.717) is 5.13 Å². The van der Waals surface area contributed by atoms with Crippen molar-refractivity contribution in [2.24, 2.45) is 17.1 Å². The quantitative estimate of drug-likeness (QED) is 0.849. The van der Waals surface area contributed by atoms with E-state index in [-0.39, 0.29) is 23.3 Å². The second-order valence-electron chi connectivity index (χ2n) is 6.05. The fourth-order valence-electron chi connectivity index (χ4n) is 3.55. The lowest BCUT2D eigenvalue weighted by atomic mass is 9.46. The maximum absolute atomic E-state index is 12.7. The third-order valence-electron chi connectivity index (χ3n) is 4.76. The zero-order valence-corrected chi connectivity index (χ0v) is 13.9. The number of fused-ring (bicyclic) bond motifs is 1. The topological polar surface area (TPSA) is 77.2 Å². The molecule has 3 rings (SSSR count). The summed E-state index contributed by atoms with van der Waals surface area (Å²) in [7, 11) is 0. The molecule has 3 atom stereocenters. The number of carbonyl (C=O) groups is 1. The van der Waals surface area contributed by atoms with Gasteiger partial charge in [-0.2, -0.15) is 0 Å². The Morgan fingerprint density at radius 2 is 2.40 bits per heavy atom. The predicted molar refractivity (Wildman–Crippen MR) is 81.6 cm³/mol. The van der Waals surface area contributed by atoms with Crippen LogP contribution in [0.4, 0.5) is 5.13 Å². The van der Waals surface area contributed by atoms with E-state index in [1.165, 1.54) is 11.3 Å². The molecular weight excluding hydrogens is 342 g/mol. The molecule has 2 heterocycles.